The van der Waals surface area contributed by atoms with Gasteiger partial charge >= 0.3 is 6.18 Å². The summed E-state index contributed by atoms with van der Waals surface area (Å²) in [5.41, 5.74) is 3.83. The summed E-state index contributed by atoms with van der Waals surface area (Å²) < 4.78 is 38.7. The minimum Gasteiger partial charge on any atom is -0.393 e. The van der Waals surface area contributed by atoms with Crippen LogP contribution in [0.3, 0.4) is 0 Å². The molecule has 1 aliphatic heterocycles. The molecule has 1 unspecified atom stereocenters. The van der Waals surface area contributed by atoms with Gasteiger partial charge in [0.25, 0.3) is 0 Å². The monoisotopic (exact) mass is 429 g/mol. The van der Waals surface area contributed by atoms with Crippen LogP contribution in [0.25, 0.3) is 11.3 Å². The minimum atomic E-state index is -4.36. The summed E-state index contributed by atoms with van der Waals surface area (Å²) in [4.78, 5) is 6.44. The summed E-state index contributed by atoms with van der Waals surface area (Å²) in [6, 6.07) is 16.3. The number of anilines is 2. The van der Waals surface area contributed by atoms with E-state index in [0.29, 0.717) is 36.7 Å². The van der Waals surface area contributed by atoms with Crippen LogP contribution in [-0.2, 0) is 12.7 Å². The summed E-state index contributed by atoms with van der Waals surface area (Å²) in [5, 5.41) is 22.4. The number of hydrogen-bond acceptors (Lipinski definition) is 5. The molecule has 0 spiro atoms. The maximum atomic E-state index is 12.9. The van der Waals surface area contributed by atoms with Crippen LogP contribution < -0.4 is 10.2 Å². The third-order valence-corrected chi connectivity index (χ3v) is 5.28. The van der Waals surface area contributed by atoms with Gasteiger partial charge in [-0.1, -0.05) is 12.1 Å². The molecule has 8 heteroatoms. The molecule has 0 fully saturated rings. The molecular formula is C23H22F3N3O2. The number of aliphatic hydroxyl groups is 2. The van der Waals surface area contributed by atoms with Gasteiger partial charge in [0.2, 0.25) is 0 Å². The Morgan fingerprint density at radius 3 is 2.55 bits per heavy atom. The summed E-state index contributed by atoms with van der Waals surface area (Å²) in [6.45, 7) is 1.50. The second kappa shape index (κ2) is 8.66. The SMILES string of the molecule is OCC(O)c1cccc(-c2ccc3c(c2)CNCCN3c2ccc(C(F)(F)F)cc2)n1. The predicted octanol–water partition coefficient (Wildman–Crippen LogP) is 4.03. The highest BCUT2D eigenvalue weighted by atomic mass is 19.4. The topological polar surface area (TPSA) is 68.6 Å². The number of benzene rings is 2. The Morgan fingerprint density at radius 2 is 1.84 bits per heavy atom. The van der Waals surface area contributed by atoms with Gasteiger partial charge in [0, 0.05) is 36.6 Å². The number of hydrogen-bond donors (Lipinski definition) is 3. The number of nitrogens with one attached hydrogen (secondary N) is 1. The molecule has 3 N–H and O–H groups in total. The normalized spacial score (nSPS) is 15.3. The van der Waals surface area contributed by atoms with E-state index in [9.17, 15) is 23.4 Å². The third kappa shape index (κ3) is 4.56. The van der Waals surface area contributed by atoms with Gasteiger partial charge in [-0.25, -0.2) is 4.98 Å². The number of fused-ring (bicyclic) bond motifs is 1. The molecule has 4 rings (SSSR count). The van der Waals surface area contributed by atoms with E-state index < -0.39 is 24.5 Å². The largest absolute Gasteiger partial charge is 0.416 e. The number of rotatable bonds is 4. The Kier molecular flexibility index (Phi) is 5.95. The molecule has 1 atom stereocenters. The Bertz CT molecular complexity index is 1050. The second-order valence-corrected chi connectivity index (χ2v) is 7.36. The van der Waals surface area contributed by atoms with Crippen molar-refractivity contribution in [1.29, 1.82) is 0 Å². The molecule has 0 bridgehead atoms. The van der Waals surface area contributed by atoms with E-state index in [1.165, 1.54) is 12.1 Å². The molecule has 0 aliphatic carbocycles. The third-order valence-electron chi connectivity index (χ3n) is 5.28. The zero-order valence-corrected chi connectivity index (χ0v) is 16.6. The molecule has 31 heavy (non-hydrogen) atoms. The zero-order chi connectivity index (χ0) is 22.0. The molecule has 3 aromatic rings. The molecule has 1 aromatic heterocycles. The van der Waals surface area contributed by atoms with Crippen molar-refractivity contribution < 1.29 is 23.4 Å². The summed E-state index contributed by atoms with van der Waals surface area (Å²) in [7, 11) is 0. The van der Waals surface area contributed by atoms with E-state index in [0.717, 1.165) is 28.9 Å². The quantitative estimate of drug-likeness (QED) is 0.584. The molecule has 1 aliphatic rings. The number of aliphatic hydroxyl groups excluding tert-OH is 2. The van der Waals surface area contributed by atoms with Crippen molar-refractivity contribution in [3.63, 3.8) is 0 Å². The fraction of sp³-hybridized carbons (Fsp3) is 0.261. The highest BCUT2D eigenvalue weighted by Gasteiger charge is 2.30. The molecular weight excluding hydrogens is 407 g/mol. The van der Waals surface area contributed by atoms with Crippen LogP contribution >= 0.6 is 0 Å². The van der Waals surface area contributed by atoms with Crippen LogP contribution in [0.2, 0.25) is 0 Å². The number of pyridine rings is 1. The van der Waals surface area contributed by atoms with Crippen molar-refractivity contribution in [3.05, 3.63) is 77.5 Å². The number of nitrogens with zero attached hydrogens (tertiary/aromatic N) is 2. The smallest absolute Gasteiger partial charge is 0.393 e. The molecule has 0 saturated carbocycles. The van der Waals surface area contributed by atoms with Gasteiger partial charge in [-0.05, 0) is 54.1 Å². The Balaban J connectivity index is 1.68. The van der Waals surface area contributed by atoms with Gasteiger partial charge in [-0.2, -0.15) is 13.2 Å². The lowest BCUT2D eigenvalue weighted by Crippen LogP contribution is -2.24. The Morgan fingerprint density at radius 1 is 1.06 bits per heavy atom. The van der Waals surface area contributed by atoms with Crippen molar-refractivity contribution in [3.8, 4) is 11.3 Å². The Labute approximate surface area is 177 Å². The van der Waals surface area contributed by atoms with Crippen LogP contribution in [0.1, 0.15) is 22.9 Å². The average Bonchev–Trinajstić information content (AvgIpc) is 3.00. The molecule has 0 radical (unpaired) electrons. The standard InChI is InChI=1S/C23H22F3N3O2/c24-23(25,26)17-5-7-18(8-6-17)29-11-10-27-13-16-12-15(4-9-21(16)29)19-2-1-3-20(28-19)22(31)14-30/h1-9,12,22,27,30-31H,10-11,13-14H2. The van der Waals surface area contributed by atoms with Gasteiger partial charge in [0.1, 0.15) is 6.10 Å². The molecule has 2 heterocycles. The van der Waals surface area contributed by atoms with Crippen LogP contribution in [0.4, 0.5) is 24.5 Å². The summed E-state index contributed by atoms with van der Waals surface area (Å²) >= 11 is 0. The van der Waals surface area contributed by atoms with Crippen molar-refractivity contribution in [2.75, 3.05) is 24.6 Å². The van der Waals surface area contributed by atoms with Gasteiger partial charge in [0.05, 0.1) is 23.6 Å². The highest BCUT2D eigenvalue weighted by Crippen LogP contribution is 2.35. The van der Waals surface area contributed by atoms with E-state index in [1.54, 1.807) is 12.1 Å². The maximum absolute atomic E-state index is 12.9. The van der Waals surface area contributed by atoms with E-state index >= 15 is 0 Å². The fourth-order valence-corrected chi connectivity index (χ4v) is 3.67. The highest BCUT2D eigenvalue weighted by molar-refractivity contribution is 5.72. The van der Waals surface area contributed by atoms with E-state index in [4.69, 9.17) is 0 Å². The Hall–Kier alpha value is -2.94. The van der Waals surface area contributed by atoms with E-state index in [1.807, 2.05) is 29.2 Å². The van der Waals surface area contributed by atoms with E-state index in [-0.39, 0.29) is 0 Å². The second-order valence-electron chi connectivity index (χ2n) is 7.36. The average molecular weight is 429 g/mol. The molecule has 162 valence electrons. The van der Waals surface area contributed by atoms with E-state index in [2.05, 4.69) is 10.3 Å². The van der Waals surface area contributed by atoms with Crippen molar-refractivity contribution >= 4 is 11.4 Å². The minimum absolute atomic E-state index is 0.388. The zero-order valence-electron chi connectivity index (χ0n) is 16.6. The van der Waals surface area contributed by atoms with Crippen LogP contribution in [0.15, 0.2) is 60.7 Å². The first-order valence-electron chi connectivity index (χ1n) is 9.91. The lowest BCUT2D eigenvalue weighted by Gasteiger charge is -2.25. The van der Waals surface area contributed by atoms with Crippen molar-refractivity contribution in [2.24, 2.45) is 0 Å². The molecule has 5 nitrogen and oxygen atoms in total. The molecule has 0 saturated heterocycles. The number of aromatic nitrogens is 1. The van der Waals surface area contributed by atoms with Crippen molar-refractivity contribution in [1.82, 2.24) is 10.3 Å². The van der Waals surface area contributed by atoms with Crippen molar-refractivity contribution in [2.45, 2.75) is 18.8 Å². The first-order valence-corrected chi connectivity index (χ1v) is 9.91. The predicted molar refractivity (Wildman–Crippen MR) is 112 cm³/mol. The van der Waals surface area contributed by atoms with Gasteiger partial charge in [-0.3, -0.25) is 0 Å². The number of alkyl halides is 3. The van der Waals surface area contributed by atoms with Crippen LogP contribution in [0.5, 0.6) is 0 Å². The van der Waals surface area contributed by atoms with Gasteiger partial charge < -0.3 is 20.4 Å². The lowest BCUT2D eigenvalue weighted by atomic mass is 10.0. The maximum Gasteiger partial charge on any atom is 0.416 e. The summed E-state index contributed by atoms with van der Waals surface area (Å²) in [5.74, 6) is 0. The summed E-state index contributed by atoms with van der Waals surface area (Å²) in [6.07, 6.45) is -5.41. The van der Waals surface area contributed by atoms with Crippen LogP contribution in [0, 0.1) is 0 Å². The molecule has 2 aromatic carbocycles. The number of halogens is 3. The first kappa shape index (κ1) is 21.3. The molecule has 0 amide bonds. The fourth-order valence-electron chi connectivity index (χ4n) is 3.67. The first-order chi connectivity index (χ1) is 14.9. The van der Waals surface area contributed by atoms with Gasteiger partial charge in [0.15, 0.2) is 0 Å². The lowest BCUT2D eigenvalue weighted by molar-refractivity contribution is -0.137. The van der Waals surface area contributed by atoms with Crippen LogP contribution in [-0.4, -0.2) is 34.9 Å². The van der Waals surface area contributed by atoms with Gasteiger partial charge in [-0.15, -0.1) is 0 Å².